The summed E-state index contributed by atoms with van der Waals surface area (Å²) in [6, 6.07) is 4.88. The molecular weight excluding hydrogens is 270 g/mol. The lowest BCUT2D eigenvalue weighted by Gasteiger charge is -2.07. The zero-order valence-electron chi connectivity index (χ0n) is 9.85. The van der Waals surface area contributed by atoms with Crippen LogP contribution >= 0.6 is 11.3 Å². The van der Waals surface area contributed by atoms with E-state index in [-0.39, 0.29) is 5.01 Å². The number of hydrogen-bond acceptors (Lipinski definition) is 4. The van der Waals surface area contributed by atoms with Crippen molar-refractivity contribution in [2.24, 2.45) is 0 Å². The Morgan fingerprint density at radius 3 is 2.53 bits per heavy atom. The van der Waals surface area contributed by atoms with Crippen molar-refractivity contribution < 1.29 is 13.6 Å². The van der Waals surface area contributed by atoms with Crippen LogP contribution in [-0.4, -0.2) is 10.8 Å². The Morgan fingerprint density at radius 2 is 2.05 bits per heavy atom. The smallest absolute Gasteiger partial charge is 0.192 e. The molecule has 1 aromatic heterocycles. The number of Topliss-reactive ketones (excluding diaryl/α,β-unsaturated/α-hetero) is 1. The minimum Gasteiger partial charge on any atom is -0.292 e. The number of nitriles is 1. The molecule has 19 heavy (non-hydrogen) atoms. The number of thiazole rings is 1. The van der Waals surface area contributed by atoms with Gasteiger partial charge < -0.3 is 0 Å². The Hall–Kier alpha value is -2.13. The summed E-state index contributed by atoms with van der Waals surface area (Å²) >= 11 is 1.12. The minimum absolute atomic E-state index is 0.243. The van der Waals surface area contributed by atoms with E-state index in [0.717, 1.165) is 29.5 Å². The molecule has 0 fully saturated rings. The second kappa shape index (κ2) is 5.24. The third kappa shape index (κ3) is 2.51. The molecule has 0 amide bonds. The summed E-state index contributed by atoms with van der Waals surface area (Å²) < 4.78 is 27.1. The summed E-state index contributed by atoms with van der Waals surface area (Å²) in [4.78, 5) is 16.1. The largest absolute Gasteiger partial charge is 0.292 e. The number of benzene rings is 1. The zero-order chi connectivity index (χ0) is 14.0. The average molecular weight is 278 g/mol. The monoisotopic (exact) mass is 278 g/mol. The normalized spacial score (nSPS) is 11.9. The SMILES string of the molecule is Cc1csc([C@@H](C#N)C(=O)c2c(F)cccc2F)n1. The van der Waals surface area contributed by atoms with Crippen LogP contribution in [0.4, 0.5) is 8.78 Å². The molecule has 0 saturated carbocycles. The highest BCUT2D eigenvalue weighted by molar-refractivity contribution is 7.10. The number of aryl methyl sites for hydroxylation is 1. The van der Waals surface area contributed by atoms with Crippen molar-refractivity contribution in [2.75, 3.05) is 0 Å². The average Bonchev–Trinajstić information content (AvgIpc) is 2.76. The highest BCUT2D eigenvalue weighted by Gasteiger charge is 2.29. The van der Waals surface area contributed by atoms with E-state index in [1.165, 1.54) is 0 Å². The van der Waals surface area contributed by atoms with Gasteiger partial charge in [0.25, 0.3) is 0 Å². The second-order valence-electron chi connectivity index (χ2n) is 3.85. The molecule has 0 unspecified atom stereocenters. The van der Waals surface area contributed by atoms with Crippen LogP contribution in [0.1, 0.15) is 27.0 Å². The van der Waals surface area contributed by atoms with Crippen molar-refractivity contribution in [3.8, 4) is 6.07 Å². The Balaban J connectivity index is 2.46. The molecule has 6 heteroatoms. The van der Waals surface area contributed by atoms with E-state index in [0.29, 0.717) is 5.69 Å². The molecule has 0 aliphatic rings. The molecule has 1 aromatic carbocycles. The standard InChI is InChI=1S/C13H8F2N2OS/c1-7-6-19-13(17-7)8(5-16)12(18)11-9(14)3-2-4-10(11)15/h2-4,6,8H,1H3/t8-/m0/s1. The van der Waals surface area contributed by atoms with E-state index in [4.69, 9.17) is 5.26 Å². The first-order valence-corrected chi connectivity index (χ1v) is 6.22. The quantitative estimate of drug-likeness (QED) is 0.810. The molecular formula is C13H8F2N2OS. The summed E-state index contributed by atoms with van der Waals surface area (Å²) in [7, 11) is 0. The number of nitrogens with zero attached hydrogens (tertiary/aromatic N) is 2. The first kappa shape index (κ1) is 13.3. The van der Waals surface area contributed by atoms with Crippen molar-refractivity contribution in [1.82, 2.24) is 4.98 Å². The highest BCUT2D eigenvalue weighted by atomic mass is 32.1. The summed E-state index contributed by atoms with van der Waals surface area (Å²) in [6.07, 6.45) is 0. The van der Waals surface area contributed by atoms with Crippen molar-refractivity contribution in [3.63, 3.8) is 0 Å². The van der Waals surface area contributed by atoms with E-state index >= 15 is 0 Å². The molecule has 0 bridgehead atoms. The summed E-state index contributed by atoms with van der Waals surface area (Å²) in [6.45, 7) is 1.71. The van der Waals surface area contributed by atoms with Crippen LogP contribution in [-0.2, 0) is 0 Å². The topological polar surface area (TPSA) is 53.8 Å². The van der Waals surface area contributed by atoms with Gasteiger partial charge in [0, 0.05) is 11.1 Å². The fourth-order valence-electron chi connectivity index (χ4n) is 1.61. The van der Waals surface area contributed by atoms with Crippen LogP contribution in [0.5, 0.6) is 0 Å². The molecule has 1 heterocycles. The fourth-order valence-corrected chi connectivity index (χ4v) is 2.44. The van der Waals surface area contributed by atoms with E-state index < -0.39 is 28.9 Å². The van der Waals surface area contributed by atoms with Crippen molar-refractivity contribution >= 4 is 17.1 Å². The summed E-state index contributed by atoms with van der Waals surface area (Å²) in [5.41, 5.74) is -0.0380. The van der Waals surface area contributed by atoms with Gasteiger partial charge in [-0.05, 0) is 19.1 Å². The van der Waals surface area contributed by atoms with Gasteiger partial charge in [-0.1, -0.05) is 6.07 Å². The number of aromatic nitrogens is 1. The van der Waals surface area contributed by atoms with Crippen LogP contribution in [0, 0.1) is 29.9 Å². The number of carbonyl (C=O) groups is 1. The summed E-state index contributed by atoms with van der Waals surface area (Å²) in [5, 5.41) is 11.0. The molecule has 0 spiro atoms. The number of ketones is 1. The van der Waals surface area contributed by atoms with Gasteiger partial charge in [-0.15, -0.1) is 11.3 Å². The molecule has 3 nitrogen and oxygen atoms in total. The van der Waals surface area contributed by atoms with Gasteiger partial charge in [0.05, 0.1) is 11.6 Å². The molecule has 1 atom stereocenters. The van der Waals surface area contributed by atoms with Gasteiger partial charge in [0.2, 0.25) is 0 Å². The maximum absolute atomic E-state index is 13.5. The van der Waals surface area contributed by atoms with E-state index in [9.17, 15) is 13.6 Å². The number of halogens is 2. The maximum Gasteiger partial charge on any atom is 0.192 e. The lowest BCUT2D eigenvalue weighted by molar-refractivity contribution is 0.0970. The minimum atomic E-state index is -1.29. The number of hydrogen-bond donors (Lipinski definition) is 0. The van der Waals surface area contributed by atoms with Gasteiger partial charge in [0.15, 0.2) is 11.7 Å². The third-order valence-electron chi connectivity index (χ3n) is 2.48. The van der Waals surface area contributed by atoms with Gasteiger partial charge in [-0.25, -0.2) is 13.8 Å². The Labute approximate surface area is 112 Å². The predicted molar refractivity (Wildman–Crippen MR) is 65.9 cm³/mol. The van der Waals surface area contributed by atoms with Gasteiger partial charge in [-0.2, -0.15) is 5.26 Å². The van der Waals surface area contributed by atoms with Gasteiger partial charge in [0.1, 0.15) is 16.6 Å². The zero-order valence-corrected chi connectivity index (χ0v) is 10.7. The first-order chi connectivity index (χ1) is 9.04. The van der Waals surface area contributed by atoms with Crippen LogP contribution in [0.2, 0.25) is 0 Å². The molecule has 0 aliphatic heterocycles. The lowest BCUT2D eigenvalue weighted by atomic mass is 9.98. The third-order valence-corrected chi connectivity index (χ3v) is 3.51. The second-order valence-corrected chi connectivity index (χ2v) is 4.74. The van der Waals surface area contributed by atoms with Crippen LogP contribution in [0.3, 0.4) is 0 Å². The van der Waals surface area contributed by atoms with Crippen LogP contribution in [0.15, 0.2) is 23.6 Å². The summed E-state index contributed by atoms with van der Waals surface area (Å²) in [5.74, 6) is -4.14. The number of rotatable bonds is 3. The van der Waals surface area contributed by atoms with Crippen molar-refractivity contribution in [1.29, 1.82) is 5.26 Å². The fraction of sp³-hybridized carbons (Fsp3) is 0.154. The molecule has 0 saturated heterocycles. The Morgan fingerprint density at radius 1 is 1.42 bits per heavy atom. The molecule has 0 N–H and O–H groups in total. The van der Waals surface area contributed by atoms with Gasteiger partial charge >= 0.3 is 0 Å². The predicted octanol–water partition coefficient (Wildman–Crippen LogP) is 3.22. The first-order valence-electron chi connectivity index (χ1n) is 5.34. The Bertz CT molecular complexity index is 655. The maximum atomic E-state index is 13.5. The van der Waals surface area contributed by atoms with Crippen LogP contribution in [0.25, 0.3) is 0 Å². The molecule has 2 aromatic rings. The van der Waals surface area contributed by atoms with E-state index in [1.54, 1.807) is 18.4 Å². The van der Waals surface area contributed by atoms with E-state index in [2.05, 4.69) is 4.98 Å². The van der Waals surface area contributed by atoms with Crippen LogP contribution < -0.4 is 0 Å². The van der Waals surface area contributed by atoms with Crippen molar-refractivity contribution in [2.45, 2.75) is 12.8 Å². The van der Waals surface area contributed by atoms with Gasteiger partial charge in [-0.3, -0.25) is 4.79 Å². The Kier molecular flexibility index (Phi) is 3.67. The molecule has 0 radical (unpaired) electrons. The lowest BCUT2D eigenvalue weighted by Crippen LogP contribution is -2.14. The van der Waals surface area contributed by atoms with E-state index in [1.807, 2.05) is 0 Å². The number of carbonyl (C=O) groups excluding carboxylic acids is 1. The highest BCUT2D eigenvalue weighted by Crippen LogP contribution is 2.26. The molecule has 96 valence electrons. The van der Waals surface area contributed by atoms with Crippen molar-refractivity contribution in [3.05, 3.63) is 51.5 Å². The molecule has 0 aliphatic carbocycles. The molecule has 2 rings (SSSR count).